The van der Waals surface area contributed by atoms with E-state index in [0.717, 1.165) is 0 Å². The van der Waals surface area contributed by atoms with Gasteiger partial charge in [0.05, 0.1) is 28.5 Å². The van der Waals surface area contributed by atoms with Gasteiger partial charge in [0.2, 0.25) is 0 Å². The number of anilines is 1. The molecule has 5 rings (SSSR count). The number of imidazole rings is 1. The predicted octanol–water partition coefficient (Wildman–Crippen LogP) is 4.62. The predicted molar refractivity (Wildman–Crippen MR) is 118 cm³/mol. The van der Waals surface area contributed by atoms with Crippen LogP contribution < -0.4 is 10.9 Å². The van der Waals surface area contributed by atoms with Gasteiger partial charge in [0.15, 0.2) is 11.5 Å². The molecule has 0 fully saturated rings. The Morgan fingerprint density at radius 2 is 1.97 bits per heavy atom. The minimum Gasteiger partial charge on any atom is -0.360 e. The van der Waals surface area contributed by atoms with E-state index in [-0.39, 0.29) is 5.39 Å². The number of halogens is 2. The Morgan fingerprint density at radius 1 is 1.13 bits per heavy atom. The van der Waals surface area contributed by atoms with Gasteiger partial charge in [-0.1, -0.05) is 35.9 Å². The van der Waals surface area contributed by atoms with E-state index in [4.69, 9.17) is 11.6 Å². The fourth-order valence-corrected chi connectivity index (χ4v) is 3.91. The van der Waals surface area contributed by atoms with E-state index in [1.165, 1.54) is 23.3 Å². The third-order valence-electron chi connectivity index (χ3n) is 5.13. The first kappa shape index (κ1) is 19.2. The molecule has 5 aromatic rings. The lowest BCUT2D eigenvalue weighted by Gasteiger charge is -2.22. The summed E-state index contributed by atoms with van der Waals surface area (Å²) >= 11 is 6.41. The molecular weight excluding hydrogens is 419 g/mol. The average Bonchev–Trinajstić information content (AvgIpc) is 3.24. The molecule has 154 valence electrons. The zero-order valence-electron chi connectivity index (χ0n) is 16.3. The lowest BCUT2D eigenvalue weighted by atomic mass is 10.1. The molecule has 2 N–H and O–H groups in total. The van der Waals surface area contributed by atoms with Crippen molar-refractivity contribution in [2.45, 2.75) is 13.0 Å². The van der Waals surface area contributed by atoms with E-state index in [9.17, 15) is 9.18 Å². The van der Waals surface area contributed by atoms with Gasteiger partial charge in [-0.15, -0.1) is 0 Å². The van der Waals surface area contributed by atoms with Crippen LogP contribution in [-0.4, -0.2) is 24.5 Å². The number of aromatic nitrogens is 5. The van der Waals surface area contributed by atoms with E-state index in [0.29, 0.717) is 38.8 Å². The van der Waals surface area contributed by atoms with Crippen LogP contribution in [0.25, 0.3) is 27.6 Å². The summed E-state index contributed by atoms with van der Waals surface area (Å²) in [5.74, 6) is -0.0688. The fraction of sp³-hybridized carbons (Fsp3) is 0.0909. The molecule has 0 aliphatic carbocycles. The smallest absolute Gasteiger partial charge is 0.266 e. The van der Waals surface area contributed by atoms with Gasteiger partial charge >= 0.3 is 0 Å². The normalized spacial score (nSPS) is 12.4. The topological polar surface area (TPSA) is 88.5 Å². The number of hydrogen-bond donors (Lipinski definition) is 2. The van der Waals surface area contributed by atoms with Gasteiger partial charge in [-0.05, 0) is 36.6 Å². The van der Waals surface area contributed by atoms with Crippen LogP contribution in [-0.2, 0) is 0 Å². The molecule has 3 heterocycles. The van der Waals surface area contributed by atoms with Crippen molar-refractivity contribution in [1.29, 1.82) is 0 Å². The second kappa shape index (κ2) is 7.48. The first-order valence-corrected chi connectivity index (χ1v) is 9.92. The maximum atomic E-state index is 14.6. The molecule has 0 saturated carbocycles. The summed E-state index contributed by atoms with van der Waals surface area (Å²) in [4.78, 5) is 29.1. The van der Waals surface area contributed by atoms with E-state index >= 15 is 0 Å². The van der Waals surface area contributed by atoms with Gasteiger partial charge in [0.1, 0.15) is 17.7 Å². The Balaban J connectivity index is 1.74. The van der Waals surface area contributed by atoms with Crippen LogP contribution in [0.4, 0.5) is 10.2 Å². The number of nitrogens with zero attached hydrogens (tertiary/aromatic N) is 4. The molecule has 9 heteroatoms. The number of fused-ring (bicyclic) bond motifs is 2. The first-order chi connectivity index (χ1) is 15.0. The SMILES string of the molecule is CC(Nc1ncnc2[nH]cnc12)c1cc2cccc(F)c2c(=O)n1-c1ccccc1Cl. The Kier molecular flexibility index (Phi) is 4.63. The van der Waals surface area contributed by atoms with E-state index in [1.807, 2.05) is 6.92 Å². The summed E-state index contributed by atoms with van der Waals surface area (Å²) in [7, 11) is 0. The molecule has 1 unspecified atom stereocenters. The van der Waals surface area contributed by atoms with Gasteiger partial charge < -0.3 is 10.3 Å². The molecule has 2 aromatic carbocycles. The second-order valence-corrected chi connectivity index (χ2v) is 7.46. The number of para-hydroxylation sites is 1. The number of benzene rings is 2. The number of nitrogens with one attached hydrogen (secondary N) is 2. The number of aromatic amines is 1. The second-order valence-electron chi connectivity index (χ2n) is 7.05. The fourth-order valence-electron chi connectivity index (χ4n) is 3.69. The summed E-state index contributed by atoms with van der Waals surface area (Å²) in [5.41, 5.74) is 1.75. The maximum Gasteiger partial charge on any atom is 0.266 e. The summed E-state index contributed by atoms with van der Waals surface area (Å²) < 4.78 is 16.0. The van der Waals surface area contributed by atoms with Crippen molar-refractivity contribution in [2.24, 2.45) is 0 Å². The molecule has 0 aliphatic rings. The zero-order valence-corrected chi connectivity index (χ0v) is 17.1. The van der Waals surface area contributed by atoms with Crippen molar-refractivity contribution < 1.29 is 4.39 Å². The molecule has 0 spiro atoms. The Morgan fingerprint density at radius 3 is 2.81 bits per heavy atom. The van der Waals surface area contributed by atoms with Crippen molar-refractivity contribution in [3.63, 3.8) is 0 Å². The van der Waals surface area contributed by atoms with Crippen LogP contribution in [0.1, 0.15) is 18.7 Å². The summed E-state index contributed by atoms with van der Waals surface area (Å²) in [6.07, 6.45) is 2.96. The summed E-state index contributed by atoms with van der Waals surface area (Å²) in [6.45, 7) is 1.88. The zero-order chi connectivity index (χ0) is 21.5. The molecule has 0 amide bonds. The van der Waals surface area contributed by atoms with Gasteiger partial charge in [0.25, 0.3) is 5.56 Å². The Labute approximate surface area is 180 Å². The van der Waals surface area contributed by atoms with Crippen molar-refractivity contribution in [2.75, 3.05) is 5.32 Å². The highest BCUT2D eigenvalue weighted by atomic mass is 35.5. The third-order valence-corrected chi connectivity index (χ3v) is 5.45. The van der Waals surface area contributed by atoms with Crippen LogP contribution in [0, 0.1) is 5.82 Å². The van der Waals surface area contributed by atoms with Gasteiger partial charge in [0, 0.05) is 5.69 Å². The van der Waals surface area contributed by atoms with E-state index < -0.39 is 17.4 Å². The van der Waals surface area contributed by atoms with Crippen molar-refractivity contribution in [3.05, 3.63) is 88.1 Å². The molecule has 0 bridgehead atoms. The average molecular weight is 435 g/mol. The quantitative estimate of drug-likeness (QED) is 0.431. The molecule has 0 radical (unpaired) electrons. The summed E-state index contributed by atoms with van der Waals surface area (Å²) in [6, 6.07) is 12.9. The third kappa shape index (κ3) is 3.21. The van der Waals surface area contributed by atoms with Gasteiger partial charge in [-0.2, -0.15) is 0 Å². The molecule has 0 aliphatic heterocycles. The number of pyridine rings is 1. The molecule has 31 heavy (non-hydrogen) atoms. The highest BCUT2D eigenvalue weighted by Gasteiger charge is 2.20. The number of H-pyrrole nitrogens is 1. The summed E-state index contributed by atoms with van der Waals surface area (Å²) in [5, 5.41) is 4.19. The van der Waals surface area contributed by atoms with Crippen molar-refractivity contribution >= 4 is 39.4 Å². The molecule has 7 nitrogen and oxygen atoms in total. The van der Waals surface area contributed by atoms with E-state index in [1.54, 1.807) is 42.5 Å². The molecule has 0 saturated heterocycles. The lowest BCUT2D eigenvalue weighted by molar-refractivity contribution is 0.637. The first-order valence-electron chi connectivity index (χ1n) is 9.54. The molecular formula is C22H16ClFN6O. The van der Waals surface area contributed by atoms with Crippen molar-refractivity contribution in [1.82, 2.24) is 24.5 Å². The van der Waals surface area contributed by atoms with Crippen LogP contribution in [0.2, 0.25) is 5.02 Å². The highest BCUT2D eigenvalue weighted by Crippen LogP contribution is 2.28. The van der Waals surface area contributed by atoms with Crippen LogP contribution >= 0.6 is 11.6 Å². The Hall–Kier alpha value is -3.78. The maximum absolute atomic E-state index is 14.6. The van der Waals surface area contributed by atoms with Crippen LogP contribution in [0.5, 0.6) is 0 Å². The minimum absolute atomic E-state index is 0.00935. The monoisotopic (exact) mass is 434 g/mol. The molecule has 1 atom stereocenters. The number of hydrogen-bond acceptors (Lipinski definition) is 5. The van der Waals surface area contributed by atoms with Gasteiger partial charge in [-0.3, -0.25) is 9.36 Å². The Bertz CT molecular complexity index is 1490. The van der Waals surface area contributed by atoms with Gasteiger partial charge in [-0.25, -0.2) is 19.3 Å². The number of rotatable bonds is 4. The van der Waals surface area contributed by atoms with E-state index in [2.05, 4.69) is 25.3 Å². The lowest BCUT2D eigenvalue weighted by Crippen LogP contribution is -2.26. The molecule has 3 aromatic heterocycles. The largest absolute Gasteiger partial charge is 0.360 e. The minimum atomic E-state index is -0.579. The van der Waals surface area contributed by atoms with Crippen LogP contribution in [0.3, 0.4) is 0 Å². The standard InChI is InChI=1S/C22H16ClFN6O/c1-12(29-21-19-20(26-10-25-19)27-11-28-21)17-9-13-5-4-7-15(24)18(13)22(31)30(17)16-8-3-2-6-14(16)23/h2-12H,1H3,(H2,25,26,27,28,29). The van der Waals surface area contributed by atoms with Crippen LogP contribution in [0.15, 0.2) is 66.0 Å². The highest BCUT2D eigenvalue weighted by molar-refractivity contribution is 6.32. The van der Waals surface area contributed by atoms with Crippen molar-refractivity contribution in [3.8, 4) is 5.69 Å².